The summed E-state index contributed by atoms with van der Waals surface area (Å²) in [5.74, 6) is -0.185. The molecule has 0 unspecified atom stereocenters. The van der Waals surface area contributed by atoms with Gasteiger partial charge in [-0.05, 0) is 28.8 Å². The molecule has 16 heavy (non-hydrogen) atoms. The van der Waals surface area contributed by atoms with Crippen molar-refractivity contribution < 1.29 is 4.39 Å². The van der Waals surface area contributed by atoms with Crippen molar-refractivity contribution in [3.8, 4) is 0 Å². The minimum atomic E-state index is -0.185. The van der Waals surface area contributed by atoms with Crippen LogP contribution < -0.4 is 5.32 Å². The standard InChI is InChI=1S/C14H12FN/c15-12-7-5-10(6-8-12)14-13-4-2-1-3-11(13)9-16-14/h1-8,14,16H,9H2/t14-/m1/s1. The Morgan fingerprint density at radius 1 is 1.00 bits per heavy atom. The van der Waals surface area contributed by atoms with Crippen molar-refractivity contribution in [3.63, 3.8) is 0 Å². The third-order valence-electron chi connectivity index (χ3n) is 3.07. The normalized spacial score (nSPS) is 18.4. The summed E-state index contributed by atoms with van der Waals surface area (Å²) < 4.78 is 12.8. The fourth-order valence-electron chi connectivity index (χ4n) is 2.25. The lowest BCUT2D eigenvalue weighted by Gasteiger charge is -2.12. The monoisotopic (exact) mass is 213 g/mol. The van der Waals surface area contributed by atoms with Gasteiger partial charge in [0.2, 0.25) is 0 Å². The molecule has 0 aromatic heterocycles. The van der Waals surface area contributed by atoms with Crippen molar-refractivity contribution in [1.82, 2.24) is 5.32 Å². The minimum Gasteiger partial charge on any atom is -0.302 e. The summed E-state index contributed by atoms with van der Waals surface area (Å²) in [5.41, 5.74) is 3.75. The van der Waals surface area contributed by atoms with E-state index < -0.39 is 0 Å². The molecule has 2 aromatic rings. The molecule has 0 radical (unpaired) electrons. The van der Waals surface area contributed by atoms with E-state index in [-0.39, 0.29) is 11.9 Å². The van der Waals surface area contributed by atoms with Gasteiger partial charge in [0.05, 0.1) is 6.04 Å². The Bertz CT molecular complexity index is 504. The molecule has 1 aliphatic rings. The van der Waals surface area contributed by atoms with Gasteiger partial charge in [0.1, 0.15) is 5.82 Å². The van der Waals surface area contributed by atoms with E-state index in [1.807, 2.05) is 24.3 Å². The maximum Gasteiger partial charge on any atom is 0.123 e. The van der Waals surface area contributed by atoms with E-state index in [4.69, 9.17) is 0 Å². The third kappa shape index (κ3) is 1.51. The molecule has 1 atom stereocenters. The van der Waals surface area contributed by atoms with Gasteiger partial charge in [0.25, 0.3) is 0 Å². The average Bonchev–Trinajstić information content (AvgIpc) is 2.74. The summed E-state index contributed by atoms with van der Waals surface area (Å²) in [6.07, 6.45) is 0. The van der Waals surface area contributed by atoms with Crippen LogP contribution in [0.1, 0.15) is 22.7 Å². The van der Waals surface area contributed by atoms with Crippen LogP contribution in [0.3, 0.4) is 0 Å². The van der Waals surface area contributed by atoms with E-state index in [0.717, 1.165) is 12.1 Å². The molecule has 0 spiro atoms. The molecule has 0 bridgehead atoms. The number of nitrogens with one attached hydrogen (secondary N) is 1. The molecular formula is C14H12FN. The van der Waals surface area contributed by atoms with Crippen molar-refractivity contribution in [1.29, 1.82) is 0 Å². The third-order valence-corrected chi connectivity index (χ3v) is 3.07. The molecule has 1 nitrogen and oxygen atoms in total. The van der Waals surface area contributed by atoms with Crippen molar-refractivity contribution >= 4 is 0 Å². The highest BCUT2D eigenvalue weighted by Crippen LogP contribution is 2.30. The van der Waals surface area contributed by atoms with Crippen LogP contribution in [0.25, 0.3) is 0 Å². The van der Waals surface area contributed by atoms with Crippen LogP contribution in [0.2, 0.25) is 0 Å². The van der Waals surface area contributed by atoms with Gasteiger partial charge < -0.3 is 5.32 Å². The van der Waals surface area contributed by atoms with Crippen LogP contribution >= 0.6 is 0 Å². The predicted octanol–water partition coefficient (Wildman–Crippen LogP) is 3.02. The van der Waals surface area contributed by atoms with Gasteiger partial charge in [-0.3, -0.25) is 0 Å². The predicted molar refractivity (Wildman–Crippen MR) is 61.5 cm³/mol. The smallest absolute Gasteiger partial charge is 0.123 e. The maximum absolute atomic E-state index is 12.8. The second kappa shape index (κ2) is 3.72. The molecule has 0 fully saturated rings. The van der Waals surface area contributed by atoms with Crippen molar-refractivity contribution in [3.05, 3.63) is 71.0 Å². The van der Waals surface area contributed by atoms with Crippen LogP contribution in [0.15, 0.2) is 48.5 Å². The number of hydrogen-bond acceptors (Lipinski definition) is 1. The van der Waals surface area contributed by atoms with E-state index in [2.05, 4.69) is 17.4 Å². The highest BCUT2D eigenvalue weighted by Gasteiger charge is 2.22. The quantitative estimate of drug-likeness (QED) is 0.767. The summed E-state index contributed by atoms with van der Waals surface area (Å²) >= 11 is 0. The van der Waals surface area contributed by atoms with Gasteiger partial charge in [-0.15, -0.1) is 0 Å². The van der Waals surface area contributed by atoms with Gasteiger partial charge in [0.15, 0.2) is 0 Å². The topological polar surface area (TPSA) is 12.0 Å². The largest absolute Gasteiger partial charge is 0.302 e. The van der Waals surface area contributed by atoms with Crippen LogP contribution in [-0.4, -0.2) is 0 Å². The number of hydrogen-bond donors (Lipinski definition) is 1. The molecule has 1 aliphatic heterocycles. The first kappa shape index (κ1) is 9.55. The zero-order valence-corrected chi connectivity index (χ0v) is 8.78. The molecule has 0 saturated carbocycles. The first-order valence-corrected chi connectivity index (χ1v) is 5.41. The fourth-order valence-corrected chi connectivity index (χ4v) is 2.25. The highest BCUT2D eigenvalue weighted by atomic mass is 19.1. The van der Waals surface area contributed by atoms with Gasteiger partial charge >= 0.3 is 0 Å². The summed E-state index contributed by atoms with van der Waals surface area (Å²) in [6.45, 7) is 0.887. The lowest BCUT2D eigenvalue weighted by atomic mass is 9.99. The Balaban J connectivity index is 2.01. The van der Waals surface area contributed by atoms with Crippen molar-refractivity contribution in [2.24, 2.45) is 0 Å². The van der Waals surface area contributed by atoms with E-state index in [9.17, 15) is 4.39 Å². The molecule has 2 aromatic carbocycles. The molecular weight excluding hydrogens is 201 g/mol. The summed E-state index contributed by atoms with van der Waals surface area (Å²) in [6, 6.07) is 15.3. The molecule has 80 valence electrons. The number of fused-ring (bicyclic) bond motifs is 1. The lowest BCUT2D eigenvalue weighted by molar-refractivity contribution is 0.622. The zero-order valence-electron chi connectivity index (χ0n) is 8.78. The van der Waals surface area contributed by atoms with Crippen molar-refractivity contribution in [2.75, 3.05) is 0 Å². The Kier molecular flexibility index (Phi) is 2.22. The van der Waals surface area contributed by atoms with Gasteiger partial charge in [-0.25, -0.2) is 4.39 Å². The Morgan fingerprint density at radius 2 is 1.75 bits per heavy atom. The first-order valence-electron chi connectivity index (χ1n) is 5.41. The summed E-state index contributed by atoms with van der Waals surface area (Å²) in [7, 11) is 0. The van der Waals surface area contributed by atoms with Crippen LogP contribution in [0.5, 0.6) is 0 Å². The molecule has 1 N–H and O–H groups in total. The Labute approximate surface area is 93.9 Å². The maximum atomic E-state index is 12.8. The van der Waals surface area contributed by atoms with E-state index >= 15 is 0 Å². The van der Waals surface area contributed by atoms with Gasteiger partial charge in [-0.1, -0.05) is 36.4 Å². The van der Waals surface area contributed by atoms with Gasteiger partial charge in [0, 0.05) is 6.54 Å². The zero-order chi connectivity index (χ0) is 11.0. The molecule has 2 heteroatoms. The van der Waals surface area contributed by atoms with E-state index in [1.54, 1.807) is 0 Å². The van der Waals surface area contributed by atoms with E-state index in [0.29, 0.717) is 0 Å². The van der Waals surface area contributed by atoms with Crippen LogP contribution in [0.4, 0.5) is 4.39 Å². The van der Waals surface area contributed by atoms with Crippen LogP contribution in [0, 0.1) is 5.82 Å². The second-order valence-corrected chi connectivity index (χ2v) is 4.06. The second-order valence-electron chi connectivity index (χ2n) is 4.06. The molecule has 0 aliphatic carbocycles. The molecule has 0 saturated heterocycles. The SMILES string of the molecule is Fc1ccc([C@H]2NCc3ccccc32)cc1. The fraction of sp³-hybridized carbons (Fsp3) is 0.143. The lowest BCUT2D eigenvalue weighted by Crippen LogP contribution is -2.13. The number of rotatable bonds is 1. The van der Waals surface area contributed by atoms with Gasteiger partial charge in [-0.2, -0.15) is 0 Å². The van der Waals surface area contributed by atoms with E-state index in [1.165, 1.54) is 23.3 Å². The van der Waals surface area contributed by atoms with Crippen molar-refractivity contribution in [2.45, 2.75) is 12.6 Å². The summed E-state index contributed by atoms with van der Waals surface area (Å²) in [4.78, 5) is 0. The minimum absolute atomic E-state index is 0.185. The number of halogens is 1. The van der Waals surface area contributed by atoms with Crippen LogP contribution in [-0.2, 0) is 6.54 Å². The molecule has 1 heterocycles. The Hall–Kier alpha value is -1.67. The molecule has 0 amide bonds. The Morgan fingerprint density at radius 3 is 2.56 bits per heavy atom. The molecule has 3 rings (SSSR count). The highest BCUT2D eigenvalue weighted by molar-refractivity contribution is 5.40. The average molecular weight is 213 g/mol. The first-order chi connectivity index (χ1) is 7.84. The number of benzene rings is 2. The summed E-state index contributed by atoms with van der Waals surface area (Å²) in [5, 5.41) is 3.44.